The fraction of sp³-hybridized carbons (Fsp3) is 0.235. The molecular formula is C34H36N2O4. The summed E-state index contributed by atoms with van der Waals surface area (Å²) in [5.74, 6) is 1.42. The molecule has 6 heteroatoms. The molecule has 0 radical (unpaired) electrons. The van der Waals surface area contributed by atoms with Crippen molar-refractivity contribution in [3.05, 3.63) is 119 Å². The summed E-state index contributed by atoms with van der Waals surface area (Å²) in [4.78, 5) is 22.7. The summed E-state index contributed by atoms with van der Waals surface area (Å²) in [6.45, 7) is 7.76. The number of benzene rings is 4. The van der Waals surface area contributed by atoms with E-state index in [2.05, 4.69) is 47.9 Å². The van der Waals surface area contributed by atoms with E-state index in [-0.39, 0.29) is 11.7 Å². The van der Waals surface area contributed by atoms with E-state index < -0.39 is 0 Å². The number of ether oxygens (including phenoxy) is 2. The Hall–Kier alpha value is -4.42. The lowest BCUT2D eigenvalue weighted by Gasteiger charge is -2.16. The smallest absolute Gasteiger partial charge is 0.216 e. The van der Waals surface area contributed by atoms with Crippen LogP contribution in [0.3, 0.4) is 0 Å². The molecule has 0 unspecified atom stereocenters. The Bertz CT molecular complexity index is 1430. The van der Waals surface area contributed by atoms with Gasteiger partial charge in [-0.1, -0.05) is 78.9 Å². The topological polar surface area (TPSA) is 76.7 Å². The van der Waals surface area contributed by atoms with Gasteiger partial charge < -0.3 is 20.1 Å². The SMILES string of the molecule is CC(=O)NCCNCc1ccc(OCc2cccc(-c3ccccc3)c2C)cc1OCc1ccc(C(C)=O)cc1. The molecule has 1 amide bonds. The van der Waals surface area contributed by atoms with E-state index in [1.807, 2.05) is 60.7 Å². The number of hydrogen-bond acceptors (Lipinski definition) is 5. The van der Waals surface area contributed by atoms with E-state index in [4.69, 9.17) is 9.47 Å². The molecule has 206 valence electrons. The van der Waals surface area contributed by atoms with Crippen molar-refractivity contribution in [1.29, 1.82) is 0 Å². The van der Waals surface area contributed by atoms with Crippen molar-refractivity contribution < 1.29 is 19.1 Å². The molecule has 0 atom stereocenters. The summed E-state index contributed by atoms with van der Waals surface area (Å²) < 4.78 is 12.5. The molecule has 0 aliphatic carbocycles. The molecule has 0 saturated heterocycles. The van der Waals surface area contributed by atoms with Crippen LogP contribution in [0.5, 0.6) is 11.5 Å². The number of carbonyl (C=O) groups excluding carboxylic acids is 2. The Balaban J connectivity index is 1.47. The molecule has 0 fully saturated rings. The highest BCUT2D eigenvalue weighted by atomic mass is 16.5. The number of rotatable bonds is 13. The maximum Gasteiger partial charge on any atom is 0.216 e. The van der Waals surface area contributed by atoms with Crippen molar-refractivity contribution in [3.8, 4) is 22.6 Å². The predicted octanol–water partition coefficient (Wildman–Crippen LogP) is 6.25. The van der Waals surface area contributed by atoms with Gasteiger partial charge in [-0.25, -0.2) is 0 Å². The van der Waals surface area contributed by atoms with Crippen molar-refractivity contribution >= 4 is 11.7 Å². The van der Waals surface area contributed by atoms with Gasteiger partial charge in [0, 0.05) is 43.8 Å². The quantitative estimate of drug-likeness (QED) is 0.156. The first-order chi connectivity index (χ1) is 19.4. The molecule has 0 aromatic heterocycles. The first-order valence-electron chi connectivity index (χ1n) is 13.5. The number of amides is 1. The highest BCUT2D eigenvalue weighted by molar-refractivity contribution is 5.94. The van der Waals surface area contributed by atoms with Gasteiger partial charge in [0.1, 0.15) is 24.7 Å². The average Bonchev–Trinajstić information content (AvgIpc) is 2.96. The van der Waals surface area contributed by atoms with Crippen LogP contribution in [-0.4, -0.2) is 24.8 Å². The molecule has 2 N–H and O–H groups in total. The molecule has 4 aromatic carbocycles. The van der Waals surface area contributed by atoms with Gasteiger partial charge in [-0.15, -0.1) is 0 Å². The van der Waals surface area contributed by atoms with Gasteiger partial charge in [0.05, 0.1) is 0 Å². The highest BCUT2D eigenvalue weighted by Crippen LogP contribution is 2.29. The second kappa shape index (κ2) is 14.1. The van der Waals surface area contributed by atoms with Gasteiger partial charge in [0.15, 0.2) is 5.78 Å². The van der Waals surface area contributed by atoms with Crippen molar-refractivity contribution in [2.75, 3.05) is 13.1 Å². The molecule has 4 rings (SSSR count). The maximum absolute atomic E-state index is 11.6. The minimum Gasteiger partial charge on any atom is -0.489 e. The number of nitrogens with one attached hydrogen (secondary N) is 2. The minimum absolute atomic E-state index is 0.0366. The summed E-state index contributed by atoms with van der Waals surface area (Å²) in [6, 6.07) is 30.0. The Morgan fingerprint density at radius 2 is 1.52 bits per heavy atom. The van der Waals surface area contributed by atoms with Crippen LogP contribution in [0.15, 0.2) is 91.0 Å². The van der Waals surface area contributed by atoms with E-state index >= 15 is 0 Å². The Labute approximate surface area is 236 Å². The molecule has 0 bridgehead atoms. The van der Waals surface area contributed by atoms with Crippen LogP contribution < -0.4 is 20.1 Å². The van der Waals surface area contributed by atoms with E-state index in [1.54, 1.807) is 6.92 Å². The van der Waals surface area contributed by atoms with Crippen LogP contribution >= 0.6 is 0 Å². The van der Waals surface area contributed by atoms with Crippen LogP contribution in [0.1, 0.15) is 46.5 Å². The standard InChI is InChI=1S/C34H36N2O4/c1-24-31(10-7-11-33(24)29-8-5-4-6-9-29)23-39-32-17-16-30(21-35-18-19-36-26(3)38)34(20-32)40-22-27-12-14-28(15-13-27)25(2)37/h4-17,20,35H,18-19,21-23H2,1-3H3,(H,36,38). The van der Waals surface area contributed by atoms with Crippen LogP contribution in [0.2, 0.25) is 0 Å². The van der Waals surface area contributed by atoms with Gasteiger partial charge in [0.25, 0.3) is 0 Å². The third kappa shape index (κ3) is 8.04. The summed E-state index contributed by atoms with van der Waals surface area (Å²) in [5.41, 5.74) is 7.32. The Kier molecular flexibility index (Phi) is 10.1. The second-order valence-electron chi connectivity index (χ2n) is 9.72. The number of carbonyl (C=O) groups is 2. The Morgan fingerprint density at radius 1 is 0.750 bits per heavy atom. The van der Waals surface area contributed by atoms with Crippen molar-refractivity contribution in [2.24, 2.45) is 0 Å². The largest absolute Gasteiger partial charge is 0.489 e. The van der Waals surface area contributed by atoms with E-state index in [9.17, 15) is 9.59 Å². The van der Waals surface area contributed by atoms with Gasteiger partial charge >= 0.3 is 0 Å². The van der Waals surface area contributed by atoms with Gasteiger partial charge in [-0.2, -0.15) is 0 Å². The molecule has 0 spiro atoms. The Morgan fingerprint density at radius 3 is 2.25 bits per heavy atom. The van der Waals surface area contributed by atoms with Crippen molar-refractivity contribution in [2.45, 2.75) is 40.5 Å². The predicted molar refractivity (Wildman–Crippen MR) is 159 cm³/mol. The molecule has 40 heavy (non-hydrogen) atoms. The fourth-order valence-electron chi connectivity index (χ4n) is 4.38. The number of ketones is 1. The summed E-state index contributed by atoms with van der Waals surface area (Å²) in [5, 5.41) is 6.14. The zero-order chi connectivity index (χ0) is 28.3. The molecular weight excluding hydrogens is 500 g/mol. The van der Waals surface area contributed by atoms with Crippen LogP contribution in [0.4, 0.5) is 0 Å². The number of hydrogen-bond donors (Lipinski definition) is 2. The fourth-order valence-corrected chi connectivity index (χ4v) is 4.38. The third-order valence-corrected chi connectivity index (χ3v) is 6.71. The minimum atomic E-state index is -0.0485. The maximum atomic E-state index is 11.6. The highest BCUT2D eigenvalue weighted by Gasteiger charge is 2.10. The third-order valence-electron chi connectivity index (χ3n) is 6.71. The van der Waals surface area contributed by atoms with Crippen LogP contribution in [-0.2, 0) is 24.6 Å². The normalized spacial score (nSPS) is 10.7. The van der Waals surface area contributed by atoms with Crippen molar-refractivity contribution in [3.63, 3.8) is 0 Å². The van der Waals surface area contributed by atoms with E-state index in [1.165, 1.54) is 23.6 Å². The van der Waals surface area contributed by atoms with Gasteiger partial charge in [-0.05, 0) is 47.7 Å². The average molecular weight is 537 g/mol. The monoisotopic (exact) mass is 536 g/mol. The molecule has 0 aliphatic rings. The van der Waals surface area contributed by atoms with E-state index in [0.717, 1.165) is 22.4 Å². The summed E-state index contributed by atoms with van der Waals surface area (Å²) >= 11 is 0. The van der Waals surface area contributed by atoms with Crippen LogP contribution in [0, 0.1) is 6.92 Å². The lowest BCUT2D eigenvalue weighted by molar-refractivity contribution is -0.118. The molecule has 4 aromatic rings. The lowest BCUT2D eigenvalue weighted by atomic mass is 9.97. The molecule has 6 nitrogen and oxygen atoms in total. The first kappa shape index (κ1) is 28.6. The summed E-state index contributed by atoms with van der Waals surface area (Å²) in [7, 11) is 0. The van der Waals surface area contributed by atoms with Crippen LogP contribution in [0.25, 0.3) is 11.1 Å². The summed E-state index contributed by atoms with van der Waals surface area (Å²) in [6.07, 6.45) is 0. The number of Topliss-reactive ketones (excluding diaryl/α,β-unsaturated/α-hetero) is 1. The zero-order valence-electron chi connectivity index (χ0n) is 23.3. The lowest BCUT2D eigenvalue weighted by Crippen LogP contribution is -2.30. The van der Waals surface area contributed by atoms with Crippen molar-refractivity contribution in [1.82, 2.24) is 10.6 Å². The van der Waals surface area contributed by atoms with Gasteiger partial charge in [0.2, 0.25) is 5.91 Å². The second-order valence-corrected chi connectivity index (χ2v) is 9.72. The first-order valence-corrected chi connectivity index (χ1v) is 13.5. The molecule has 0 saturated carbocycles. The van der Waals surface area contributed by atoms with E-state index in [0.29, 0.717) is 44.2 Å². The van der Waals surface area contributed by atoms with Gasteiger partial charge in [-0.3, -0.25) is 9.59 Å². The zero-order valence-corrected chi connectivity index (χ0v) is 23.3. The molecule has 0 aliphatic heterocycles. The molecule has 0 heterocycles.